The van der Waals surface area contributed by atoms with E-state index in [0.29, 0.717) is 0 Å². The molecule has 0 N–H and O–H groups in total. The van der Waals surface area contributed by atoms with E-state index in [1.807, 2.05) is 13.1 Å². The molecule has 4 heteroatoms. The number of aryl methyl sites for hydroxylation is 1. The first kappa shape index (κ1) is 24.4. The van der Waals surface area contributed by atoms with Crippen LogP contribution in [0.4, 0.5) is 0 Å². The molecule has 3 heterocycles. The zero-order valence-corrected chi connectivity index (χ0v) is 24.6. The quantitative estimate of drug-likeness (QED) is 0.193. The minimum absolute atomic E-state index is 0.906. The lowest BCUT2D eigenvalue weighted by Crippen LogP contribution is -1.97. The molecule has 4 nitrogen and oxygen atoms in total. The van der Waals surface area contributed by atoms with Crippen LogP contribution in [0.15, 0.2) is 140 Å². The topological polar surface area (TPSA) is 35.6 Å². The summed E-state index contributed by atoms with van der Waals surface area (Å²) in [5, 5.41) is 9.58. The summed E-state index contributed by atoms with van der Waals surface area (Å²) < 4.78 is 4.74. The van der Waals surface area contributed by atoms with Crippen LogP contribution in [0, 0.1) is 6.92 Å². The number of aromatic nitrogens is 4. The smallest absolute Gasteiger partial charge is 0.0975 e. The highest BCUT2D eigenvalue weighted by molar-refractivity contribution is 6.24. The van der Waals surface area contributed by atoms with Gasteiger partial charge in [0.15, 0.2) is 0 Å². The van der Waals surface area contributed by atoms with Gasteiger partial charge < -0.3 is 9.13 Å². The summed E-state index contributed by atoms with van der Waals surface area (Å²) in [4.78, 5) is 10.1. The zero-order valence-electron chi connectivity index (χ0n) is 24.6. The minimum atomic E-state index is 0.906. The van der Waals surface area contributed by atoms with Crippen LogP contribution >= 0.6 is 0 Å². The molecular weight excluding hydrogens is 548 g/mol. The Bertz CT molecular complexity index is 2730. The maximum absolute atomic E-state index is 5.11. The number of hydrogen-bond donors (Lipinski definition) is 0. The van der Waals surface area contributed by atoms with Crippen LogP contribution in [0.1, 0.15) is 5.69 Å². The second-order valence-electron chi connectivity index (χ2n) is 11.9. The highest BCUT2D eigenvalue weighted by atomic mass is 15.0. The molecule has 0 fully saturated rings. The van der Waals surface area contributed by atoms with Gasteiger partial charge in [-0.25, -0.2) is 4.98 Å². The molecule has 0 unspecified atom stereocenters. The zero-order chi connectivity index (χ0) is 29.6. The largest absolute Gasteiger partial charge is 0.309 e. The fraction of sp³-hybridized carbons (Fsp3) is 0.0244. The third-order valence-electron chi connectivity index (χ3n) is 9.38. The molecule has 10 aromatic rings. The fourth-order valence-corrected chi connectivity index (χ4v) is 7.47. The van der Waals surface area contributed by atoms with E-state index in [1.54, 1.807) is 0 Å². The van der Waals surface area contributed by atoms with Gasteiger partial charge >= 0.3 is 0 Å². The molecule has 0 aliphatic carbocycles. The van der Waals surface area contributed by atoms with Crippen LogP contribution in [-0.4, -0.2) is 19.1 Å². The summed E-state index contributed by atoms with van der Waals surface area (Å²) in [6.07, 6.45) is 1.89. The van der Waals surface area contributed by atoms with E-state index in [-0.39, 0.29) is 0 Å². The maximum atomic E-state index is 5.11. The number of benzene rings is 7. The van der Waals surface area contributed by atoms with Crippen LogP contribution in [0.25, 0.3) is 87.6 Å². The molecule has 10 rings (SSSR count). The number of fused-ring (bicyclic) bond motifs is 12. The summed E-state index contributed by atoms with van der Waals surface area (Å²) in [7, 11) is 0. The third-order valence-corrected chi connectivity index (χ3v) is 9.38. The molecule has 45 heavy (non-hydrogen) atoms. The molecule has 0 saturated heterocycles. The Morgan fingerprint density at radius 2 is 0.800 bits per heavy atom. The highest BCUT2D eigenvalue weighted by Crippen LogP contribution is 2.39. The van der Waals surface area contributed by atoms with Gasteiger partial charge in [0.25, 0.3) is 0 Å². The van der Waals surface area contributed by atoms with Gasteiger partial charge in [0.1, 0.15) is 0 Å². The van der Waals surface area contributed by atoms with Crippen LogP contribution in [0.5, 0.6) is 0 Å². The van der Waals surface area contributed by atoms with E-state index in [0.717, 1.165) is 38.9 Å². The van der Waals surface area contributed by atoms with Crippen molar-refractivity contribution in [3.63, 3.8) is 0 Å². The van der Waals surface area contributed by atoms with Crippen LogP contribution in [-0.2, 0) is 0 Å². The van der Waals surface area contributed by atoms with Crippen molar-refractivity contribution in [1.82, 2.24) is 19.1 Å². The molecule has 0 radical (unpaired) electrons. The summed E-state index contributed by atoms with van der Waals surface area (Å²) in [5.41, 5.74) is 9.77. The van der Waals surface area contributed by atoms with Gasteiger partial charge in [-0.2, -0.15) is 0 Å². The first-order chi connectivity index (χ1) is 22.2. The SMILES string of the molecule is Cc1cnc2c3cc(-n4c5ccccc5c5ccccc54)ccc3c3ccc(-n4c5ccccc5c5ccccc54)cc3c2n1. The van der Waals surface area contributed by atoms with E-state index in [4.69, 9.17) is 9.97 Å². The van der Waals surface area contributed by atoms with Crippen LogP contribution < -0.4 is 0 Å². The van der Waals surface area contributed by atoms with Crippen LogP contribution in [0.3, 0.4) is 0 Å². The normalized spacial score (nSPS) is 12.1. The van der Waals surface area contributed by atoms with Crippen molar-refractivity contribution in [2.24, 2.45) is 0 Å². The van der Waals surface area contributed by atoms with Crippen molar-refractivity contribution in [3.05, 3.63) is 145 Å². The molecule has 3 aromatic heterocycles. The van der Waals surface area contributed by atoms with Crippen molar-refractivity contribution in [2.75, 3.05) is 0 Å². The Labute approximate surface area is 258 Å². The lowest BCUT2D eigenvalue weighted by molar-refractivity contribution is 1.18. The second kappa shape index (κ2) is 9.01. The second-order valence-corrected chi connectivity index (χ2v) is 11.9. The van der Waals surface area contributed by atoms with E-state index < -0.39 is 0 Å². The number of para-hydroxylation sites is 4. The van der Waals surface area contributed by atoms with E-state index >= 15 is 0 Å². The minimum Gasteiger partial charge on any atom is -0.309 e. The average Bonchev–Trinajstić information content (AvgIpc) is 3.61. The number of nitrogens with zero attached hydrogens (tertiary/aromatic N) is 4. The molecule has 0 aliphatic rings. The van der Waals surface area contributed by atoms with Gasteiger partial charge in [-0.3, -0.25) is 4.98 Å². The van der Waals surface area contributed by atoms with E-state index in [1.165, 1.54) is 54.4 Å². The Kier molecular flexibility index (Phi) is 4.89. The number of rotatable bonds is 2. The standard InChI is InChI=1S/C41H26N4/c1-25-24-42-40-34-22-26(44-36-14-6-2-10-30(36)31-11-3-7-15-37(31)44)18-20-28(34)29-21-19-27(23-35(29)41(40)43-25)45-38-16-8-4-12-32(38)33-13-5-9-17-39(33)45/h2-24H,1H3. The lowest BCUT2D eigenvalue weighted by Gasteiger charge is -2.15. The third kappa shape index (κ3) is 3.36. The Hall–Kier alpha value is -6.00. The van der Waals surface area contributed by atoms with Gasteiger partial charge in [0.2, 0.25) is 0 Å². The van der Waals surface area contributed by atoms with Gasteiger partial charge in [0, 0.05) is 49.9 Å². The fourth-order valence-electron chi connectivity index (χ4n) is 7.47. The molecule has 7 aromatic carbocycles. The van der Waals surface area contributed by atoms with Gasteiger partial charge in [0.05, 0.1) is 38.8 Å². The average molecular weight is 575 g/mol. The van der Waals surface area contributed by atoms with Crippen LogP contribution in [0.2, 0.25) is 0 Å². The first-order valence-corrected chi connectivity index (χ1v) is 15.3. The van der Waals surface area contributed by atoms with Gasteiger partial charge in [-0.15, -0.1) is 0 Å². The highest BCUT2D eigenvalue weighted by Gasteiger charge is 2.17. The van der Waals surface area contributed by atoms with Crippen molar-refractivity contribution in [3.8, 4) is 11.4 Å². The Morgan fingerprint density at radius 3 is 1.24 bits per heavy atom. The summed E-state index contributed by atoms with van der Waals surface area (Å²) in [6.45, 7) is 2.02. The summed E-state index contributed by atoms with van der Waals surface area (Å²) in [5.74, 6) is 0. The van der Waals surface area contributed by atoms with Crippen molar-refractivity contribution >= 4 is 76.2 Å². The summed E-state index contributed by atoms with van der Waals surface area (Å²) >= 11 is 0. The van der Waals surface area contributed by atoms with Crippen molar-refractivity contribution in [2.45, 2.75) is 6.92 Å². The molecule has 0 spiro atoms. The molecule has 0 aliphatic heterocycles. The molecule has 0 saturated carbocycles. The lowest BCUT2D eigenvalue weighted by atomic mass is 9.98. The monoisotopic (exact) mass is 574 g/mol. The van der Waals surface area contributed by atoms with E-state index in [2.05, 4.69) is 143 Å². The molecule has 210 valence electrons. The predicted octanol–water partition coefficient (Wildman–Crippen LogP) is 10.4. The van der Waals surface area contributed by atoms with Gasteiger partial charge in [-0.1, -0.05) is 84.9 Å². The maximum Gasteiger partial charge on any atom is 0.0975 e. The predicted molar refractivity (Wildman–Crippen MR) is 188 cm³/mol. The first-order valence-electron chi connectivity index (χ1n) is 15.3. The van der Waals surface area contributed by atoms with Crippen molar-refractivity contribution in [1.29, 1.82) is 0 Å². The molecule has 0 bridgehead atoms. The molecular formula is C41H26N4. The Balaban J connectivity index is 1.28. The molecule has 0 amide bonds. The van der Waals surface area contributed by atoms with E-state index in [9.17, 15) is 0 Å². The van der Waals surface area contributed by atoms with Gasteiger partial charge in [-0.05, 0) is 66.2 Å². The number of hydrogen-bond acceptors (Lipinski definition) is 2. The Morgan fingerprint density at radius 1 is 0.400 bits per heavy atom. The molecule has 0 atom stereocenters. The summed E-state index contributed by atoms with van der Waals surface area (Å²) in [6, 6.07) is 48.2. The van der Waals surface area contributed by atoms with Crippen molar-refractivity contribution < 1.29 is 0 Å².